The predicted octanol–water partition coefficient (Wildman–Crippen LogP) is 7.54. The van der Waals surface area contributed by atoms with E-state index < -0.39 is 23.6 Å². The highest BCUT2D eigenvalue weighted by Crippen LogP contribution is 2.44. The largest absolute Gasteiger partial charge is 0.489 e. The lowest BCUT2D eigenvalue weighted by Crippen LogP contribution is -2.22. The molecular weight excluding hydrogens is 531 g/mol. The number of rotatable bonds is 7. The first-order valence-corrected chi connectivity index (χ1v) is 13.5. The van der Waals surface area contributed by atoms with Crippen LogP contribution in [0.4, 0.5) is 18.9 Å². The summed E-state index contributed by atoms with van der Waals surface area (Å²) in [6, 6.07) is 16.9. The molecule has 3 aromatic carbocycles. The number of aromatic nitrogens is 1. The molecule has 0 atom stereocenters. The van der Waals surface area contributed by atoms with Gasteiger partial charge in [0.1, 0.15) is 12.4 Å². The molecule has 0 saturated heterocycles. The molecule has 1 heterocycles. The van der Waals surface area contributed by atoms with Gasteiger partial charge in [0, 0.05) is 27.8 Å². The quantitative estimate of drug-likeness (QED) is 0.244. The van der Waals surface area contributed by atoms with Crippen molar-refractivity contribution >= 4 is 28.4 Å². The Kier molecular flexibility index (Phi) is 7.97. The summed E-state index contributed by atoms with van der Waals surface area (Å²) in [5.74, 6) is -0.863. The summed E-state index contributed by atoms with van der Waals surface area (Å²) in [5, 5.41) is 3.76. The number of halogens is 3. The predicted molar refractivity (Wildman–Crippen MR) is 151 cm³/mol. The van der Waals surface area contributed by atoms with E-state index in [9.17, 15) is 22.8 Å². The summed E-state index contributed by atoms with van der Waals surface area (Å²) in [7, 11) is 0. The van der Waals surface area contributed by atoms with Gasteiger partial charge in [0.05, 0.1) is 22.3 Å². The number of primary amides is 1. The fraction of sp³-hybridized carbons (Fsp3) is 0.281. The number of para-hydroxylation sites is 1. The highest BCUT2D eigenvalue weighted by atomic mass is 19.4. The minimum atomic E-state index is -4.52. The Hall–Kier alpha value is -4.40. The van der Waals surface area contributed by atoms with Crippen molar-refractivity contribution in [3.63, 3.8) is 0 Å². The number of hydrogen-bond acceptors (Lipinski definition) is 4. The first kappa shape index (κ1) is 28.1. The van der Waals surface area contributed by atoms with Crippen LogP contribution in [0.2, 0.25) is 0 Å². The van der Waals surface area contributed by atoms with Gasteiger partial charge in [0.2, 0.25) is 0 Å². The summed E-state index contributed by atoms with van der Waals surface area (Å²) < 4.78 is 45.5. The van der Waals surface area contributed by atoms with Gasteiger partial charge in [-0.3, -0.25) is 14.6 Å². The normalized spacial score (nSPS) is 14.1. The van der Waals surface area contributed by atoms with E-state index in [-0.39, 0.29) is 29.3 Å². The molecule has 0 unspecified atom stereocenters. The zero-order valence-corrected chi connectivity index (χ0v) is 22.6. The second kappa shape index (κ2) is 11.6. The van der Waals surface area contributed by atoms with Crippen LogP contribution in [0.5, 0.6) is 5.75 Å². The summed E-state index contributed by atoms with van der Waals surface area (Å²) in [6.07, 6.45) is 0.180. The number of ether oxygens (including phenoxy) is 1. The SMILES string of the molecule is Cc1cc(COc2ccc(C(N)=O)c(NC(=O)c3ccc(C(F)(F)F)cc3)c2C2CCCCC2)c2ccccc2n1. The molecule has 0 spiro atoms. The first-order valence-electron chi connectivity index (χ1n) is 13.5. The number of amides is 2. The van der Waals surface area contributed by atoms with Crippen LogP contribution < -0.4 is 15.8 Å². The third kappa shape index (κ3) is 6.19. The highest BCUT2D eigenvalue weighted by molar-refractivity contribution is 6.09. The number of pyridine rings is 1. The number of benzene rings is 3. The molecule has 9 heteroatoms. The molecule has 1 aliphatic carbocycles. The Balaban J connectivity index is 1.54. The lowest BCUT2D eigenvalue weighted by molar-refractivity contribution is -0.137. The van der Waals surface area contributed by atoms with Gasteiger partial charge in [-0.1, -0.05) is 37.5 Å². The molecule has 212 valence electrons. The zero-order valence-electron chi connectivity index (χ0n) is 22.6. The first-order chi connectivity index (χ1) is 19.6. The number of nitrogens with two attached hydrogens (primary N) is 1. The van der Waals surface area contributed by atoms with E-state index in [0.717, 1.165) is 78.5 Å². The lowest BCUT2D eigenvalue weighted by Gasteiger charge is -2.28. The zero-order chi connectivity index (χ0) is 29.1. The maximum atomic E-state index is 13.3. The molecule has 2 amide bonds. The van der Waals surface area contributed by atoms with Gasteiger partial charge < -0.3 is 15.8 Å². The van der Waals surface area contributed by atoms with Crippen molar-refractivity contribution in [3.05, 3.63) is 100 Å². The molecule has 4 aromatic rings. The van der Waals surface area contributed by atoms with Crippen LogP contribution in [-0.4, -0.2) is 16.8 Å². The fourth-order valence-electron chi connectivity index (χ4n) is 5.53. The van der Waals surface area contributed by atoms with E-state index in [0.29, 0.717) is 11.3 Å². The van der Waals surface area contributed by atoms with Crippen LogP contribution >= 0.6 is 0 Å². The van der Waals surface area contributed by atoms with Crippen molar-refractivity contribution < 1.29 is 27.5 Å². The molecule has 1 saturated carbocycles. The van der Waals surface area contributed by atoms with Crippen LogP contribution in [0, 0.1) is 6.92 Å². The lowest BCUT2D eigenvalue weighted by atomic mass is 9.82. The van der Waals surface area contributed by atoms with E-state index in [1.165, 1.54) is 6.07 Å². The smallest absolute Gasteiger partial charge is 0.416 e. The van der Waals surface area contributed by atoms with E-state index in [1.807, 2.05) is 37.3 Å². The molecule has 41 heavy (non-hydrogen) atoms. The topological polar surface area (TPSA) is 94.3 Å². The number of alkyl halides is 3. The van der Waals surface area contributed by atoms with Crippen molar-refractivity contribution in [1.29, 1.82) is 0 Å². The van der Waals surface area contributed by atoms with Crippen LogP contribution in [0.15, 0.2) is 66.7 Å². The second-order valence-corrected chi connectivity index (χ2v) is 10.4. The van der Waals surface area contributed by atoms with Crippen molar-refractivity contribution in [3.8, 4) is 5.75 Å². The van der Waals surface area contributed by atoms with Gasteiger partial charge in [-0.2, -0.15) is 13.2 Å². The maximum Gasteiger partial charge on any atom is 0.416 e. The number of anilines is 1. The number of nitrogens with one attached hydrogen (secondary N) is 1. The van der Waals surface area contributed by atoms with Gasteiger partial charge in [0.25, 0.3) is 11.8 Å². The Labute approximate surface area is 235 Å². The average Bonchev–Trinajstić information content (AvgIpc) is 2.95. The van der Waals surface area contributed by atoms with Crippen molar-refractivity contribution in [2.24, 2.45) is 5.73 Å². The number of carbonyl (C=O) groups excluding carboxylic acids is 2. The monoisotopic (exact) mass is 561 g/mol. The third-order valence-electron chi connectivity index (χ3n) is 7.51. The molecule has 3 N–H and O–H groups in total. The van der Waals surface area contributed by atoms with E-state index >= 15 is 0 Å². The standard InChI is InChI=1S/C32H30F3N3O3/c1-19-17-22(24-9-5-6-10-26(24)37-19)18-41-27-16-15-25(30(36)39)29(28(27)20-7-3-2-4-8-20)38-31(40)21-11-13-23(14-12-21)32(33,34)35/h5-6,9-17,20H,2-4,7-8,18H2,1H3,(H2,36,39)(H,38,40). The van der Waals surface area contributed by atoms with Crippen LogP contribution in [0.1, 0.15) is 81.1 Å². The minimum absolute atomic E-state index is 0.00289. The number of fused-ring (bicyclic) bond motifs is 1. The molecule has 0 bridgehead atoms. The van der Waals surface area contributed by atoms with Gasteiger partial charge in [-0.15, -0.1) is 0 Å². The Morgan fingerprint density at radius 3 is 2.39 bits per heavy atom. The molecule has 5 rings (SSSR count). The molecule has 0 aliphatic heterocycles. The van der Waals surface area contributed by atoms with Crippen molar-refractivity contribution in [2.75, 3.05) is 5.32 Å². The summed E-state index contributed by atoms with van der Waals surface area (Å²) >= 11 is 0. The average molecular weight is 562 g/mol. The van der Waals surface area contributed by atoms with Gasteiger partial charge in [0.15, 0.2) is 0 Å². The maximum absolute atomic E-state index is 13.3. The number of aryl methyl sites for hydroxylation is 1. The Morgan fingerprint density at radius 1 is 1.00 bits per heavy atom. The highest BCUT2D eigenvalue weighted by Gasteiger charge is 2.31. The summed E-state index contributed by atoms with van der Waals surface area (Å²) in [4.78, 5) is 30.4. The van der Waals surface area contributed by atoms with Crippen LogP contribution in [0.25, 0.3) is 10.9 Å². The van der Waals surface area contributed by atoms with E-state index in [1.54, 1.807) is 6.07 Å². The summed E-state index contributed by atoms with van der Waals surface area (Å²) in [5.41, 5.74) is 8.57. The third-order valence-corrected chi connectivity index (χ3v) is 7.51. The van der Waals surface area contributed by atoms with Gasteiger partial charge in [-0.05, 0) is 74.2 Å². The number of nitrogens with zero attached hydrogens (tertiary/aromatic N) is 1. The summed E-state index contributed by atoms with van der Waals surface area (Å²) in [6.45, 7) is 2.14. The number of carbonyl (C=O) groups is 2. The molecule has 0 radical (unpaired) electrons. The molecule has 1 aliphatic rings. The molecule has 6 nitrogen and oxygen atoms in total. The van der Waals surface area contributed by atoms with Crippen LogP contribution in [-0.2, 0) is 12.8 Å². The Morgan fingerprint density at radius 2 is 1.71 bits per heavy atom. The second-order valence-electron chi connectivity index (χ2n) is 10.4. The van der Waals surface area contributed by atoms with Crippen molar-refractivity contribution in [2.45, 2.75) is 57.7 Å². The fourth-order valence-corrected chi connectivity index (χ4v) is 5.53. The Bertz CT molecular complexity index is 1590. The van der Waals surface area contributed by atoms with E-state index in [2.05, 4.69) is 10.3 Å². The molecule has 1 fully saturated rings. The molecular formula is C32H30F3N3O3. The van der Waals surface area contributed by atoms with E-state index in [4.69, 9.17) is 10.5 Å². The number of hydrogen-bond donors (Lipinski definition) is 2. The van der Waals surface area contributed by atoms with Gasteiger partial charge in [-0.25, -0.2) is 0 Å². The van der Waals surface area contributed by atoms with Crippen molar-refractivity contribution in [1.82, 2.24) is 4.98 Å². The van der Waals surface area contributed by atoms with Crippen LogP contribution in [0.3, 0.4) is 0 Å². The van der Waals surface area contributed by atoms with Gasteiger partial charge >= 0.3 is 6.18 Å². The minimum Gasteiger partial charge on any atom is -0.489 e. The molecule has 1 aromatic heterocycles.